The zero-order valence-electron chi connectivity index (χ0n) is 8.10. The van der Waals surface area contributed by atoms with Crippen molar-refractivity contribution in [2.75, 3.05) is 6.61 Å². The highest BCUT2D eigenvalue weighted by atomic mass is 19.1. The van der Waals surface area contributed by atoms with Crippen molar-refractivity contribution in [1.29, 1.82) is 0 Å². The van der Waals surface area contributed by atoms with Crippen LogP contribution in [0.5, 0.6) is 0 Å². The molecule has 2 rings (SSSR count). The van der Waals surface area contributed by atoms with Gasteiger partial charge in [0.15, 0.2) is 0 Å². The van der Waals surface area contributed by atoms with Crippen LogP contribution in [-0.2, 0) is 6.54 Å². The maximum atomic E-state index is 12.7. The van der Waals surface area contributed by atoms with Crippen molar-refractivity contribution < 1.29 is 9.50 Å². The Bertz CT molecular complexity index is 436. The minimum Gasteiger partial charge on any atom is -0.394 e. The minimum atomic E-state index is -0.249. The molecular formula is C11H11FN2O. The van der Waals surface area contributed by atoms with Gasteiger partial charge in [0.2, 0.25) is 0 Å². The Morgan fingerprint density at radius 3 is 2.60 bits per heavy atom. The van der Waals surface area contributed by atoms with Gasteiger partial charge in [0, 0.05) is 11.8 Å². The van der Waals surface area contributed by atoms with Crippen LogP contribution in [0.3, 0.4) is 0 Å². The second-order valence-electron chi connectivity index (χ2n) is 3.22. The number of aliphatic hydroxyl groups excluding tert-OH is 1. The first kappa shape index (κ1) is 9.86. The fourth-order valence-electron chi connectivity index (χ4n) is 1.38. The van der Waals surface area contributed by atoms with Gasteiger partial charge in [-0.15, -0.1) is 0 Å². The molecule has 1 N–H and O–H groups in total. The number of nitrogens with zero attached hydrogens (tertiary/aromatic N) is 2. The van der Waals surface area contributed by atoms with Gasteiger partial charge in [0.1, 0.15) is 5.82 Å². The molecule has 0 atom stereocenters. The normalized spacial score (nSPS) is 10.5. The van der Waals surface area contributed by atoms with Crippen LogP contribution in [-0.4, -0.2) is 21.5 Å². The predicted molar refractivity (Wildman–Crippen MR) is 54.7 cm³/mol. The van der Waals surface area contributed by atoms with Crippen molar-refractivity contribution in [3.8, 4) is 11.1 Å². The van der Waals surface area contributed by atoms with Gasteiger partial charge in [-0.1, -0.05) is 12.1 Å². The zero-order chi connectivity index (χ0) is 10.7. The van der Waals surface area contributed by atoms with Crippen LogP contribution >= 0.6 is 0 Å². The number of rotatable bonds is 3. The fraction of sp³-hybridized carbons (Fsp3) is 0.182. The van der Waals surface area contributed by atoms with Crippen molar-refractivity contribution in [1.82, 2.24) is 9.78 Å². The van der Waals surface area contributed by atoms with Gasteiger partial charge in [-0.2, -0.15) is 5.10 Å². The van der Waals surface area contributed by atoms with Crippen molar-refractivity contribution in [2.45, 2.75) is 6.54 Å². The molecule has 0 aliphatic heterocycles. The lowest BCUT2D eigenvalue weighted by molar-refractivity contribution is 0.269. The number of aromatic nitrogens is 2. The van der Waals surface area contributed by atoms with Crippen LogP contribution in [0.15, 0.2) is 36.7 Å². The summed E-state index contributed by atoms with van der Waals surface area (Å²) in [7, 11) is 0. The Hall–Kier alpha value is -1.68. The third kappa shape index (κ3) is 2.22. The molecule has 0 saturated heterocycles. The van der Waals surface area contributed by atoms with E-state index in [4.69, 9.17) is 5.11 Å². The highest BCUT2D eigenvalue weighted by Crippen LogP contribution is 2.18. The smallest absolute Gasteiger partial charge is 0.123 e. The number of halogens is 1. The van der Waals surface area contributed by atoms with Crippen LogP contribution in [0, 0.1) is 5.82 Å². The van der Waals surface area contributed by atoms with Gasteiger partial charge in [-0.05, 0) is 17.7 Å². The quantitative estimate of drug-likeness (QED) is 0.829. The number of benzene rings is 1. The van der Waals surface area contributed by atoms with E-state index in [1.807, 2.05) is 6.20 Å². The number of hydrogen-bond acceptors (Lipinski definition) is 2. The van der Waals surface area contributed by atoms with E-state index in [9.17, 15) is 4.39 Å². The highest BCUT2D eigenvalue weighted by Gasteiger charge is 2.01. The lowest BCUT2D eigenvalue weighted by atomic mass is 10.1. The molecule has 1 heterocycles. The minimum absolute atomic E-state index is 0.0601. The largest absolute Gasteiger partial charge is 0.394 e. The average molecular weight is 206 g/mol. The lowest BCUT2D eigenvalue weighted by Crippen LogP contribution is -2.01. The molecule has 1 aromatic heterocycles. The predicted octanol–water partition coefficient (Wildman–Crippen LogP) is 1.68. The molecule has 0 aliphatic rings. The van der Waals surface area contributed by atoms with Crippen LogP contribution in [0.1, 0.15) is 0 Å². The molecule has 0 radical (unpaired) electrons. The molecule has 1 aromatic carbocycles. The van der Waals surface area contributed by atoms with Crippen LogP contribution in [0.4, 0.5) is 4.39 Å². The molecule has 0 fully saturated rings. The van der Waals surface area contributed by atoms with Gasteiger partial charge in [-0.25, -0.2) is 4.39 Å². The maximum absolute atomic E-state index is 12.7. The Labute approximate surface area is 86.8 Å². The molecule has 0 spiro atoms. The van der Waals surface area contributed by atoms with E-state index in [-0.39, 0.29) is 12.4 Å². The molecule has 0 saturated carbocycles. The first-order chi connectivity index (χ1) is 7.29. The Balaban J connectivity index is 2.25. The Morgan fingerprint density at radius 2 is 1.93 bits per heavy atom. The average Bonchev–Trinajstić information content (AvgIpc) is 2.68. The third-order valence-corrected chi connectivity index (χ3v) is 2.14. The summed E-state index contributed by atoms with van der Waals surface area (Å²) in [4.78, 5) is 0. The zero-order valence-corrected chi connectivity index (χ0v) is 8.10. The highest BCUT2D eigenvalue weighted by molar-refractivity contribution is 5.61. The molecule has 0 aliphatic carbocycles. The van der Waals surface area contributed by atoms with Gasteiger partial charge >= 0.3 is 0 Å². The number of hydrogen-bond donors (Lipinski definition) is 1. The van der Waals surface area contributed by atoms with Gasteiger partial charge in [-0.3, -0.25) is 4.68 Å². The first-order valence-corrected chi connectivity index (χ1v) is 4.69. The molecule has 0 amide bonds. The number of aliphatic hydroxyl groups is 1. The summed E-state index contributed by atoms with van der Waals surface area (Å²) < 4.78 is 14.3. The Kier molecular flexibility index (Phi) is 2.78. The second kappa shape index (κ2) is 4.23. The summed E-state index contributed by atoms with van der Waals surface area (Å²) in [6, 6.07) is 6.24. The summed E-state index contributed by atoms with van der Waals surface area (Å²) in [5.41, 5.74) is 1.84. The third-order valence-electron chi connectivity index (χ3n) is 2.14. The second-order valence-corrected chi connectivity index (χ2v) is 3.22. The van der Waals surface area contributed by atoms with Gasteiger partial charge in [0.05, 0.1) is 19.3 Å². The van der Waals surface area contributed by atoms with Crippen molar-refractivity contribution in [2.24, 2.45) is 0 Å². The first-order valence-electron chi connectivity index (χ1n) is 4.69. The summed E-state index contributed by atoms with van der Waals surface area (Å²) in [6.07, 6.45) is 3.52. The maximum Gasteiger partial charge on any atom is 0.123 e. The molecule has 0 unspecified atom stereocenters. The standard InChI is InChI=1S/C11H11FN2O/c12-11-3-1-9(2-4-11)10-7-13-14(8-10)5-6-15/h1-4,7-8,15H,5-6H2. The lowest BCUT2D eigenvalue weighted by Gasteiger charge is -1.96. The van der Waals surface area contributed by atoms with Crippen LogP contribution in [0.25, 0.3) is 11.1 Å². The van der Waals surface area contributed by atoms with E-state index in [1.54, 1.807) is 23.0 Å². The van der Waals surface area contributed by atoms with E-state index >= 15 is 0 Å². The molecule has 78 valence electrons. The van der Waals surface area contributed by atoms with Crippen LogP contribution in [0.2, 0.25) is 0 Å². The molecular weight excluding hydrogens is 195 g/mol. The molecule has 2 aromatic rings. The van der Waals surface area contributed by atoms with Crippen molar-refractivity contribution in [3.63, 3.8) is 0 Å². The molecule has 0 bridgehead atoms. The van der Waals surface area contributed by atoms with E-state index in [1.165, 1.54) is 12.1 Å². The molecule has 3 nitrogen and oxygen atoms in total. The molecule has 15 heavy (non-hydrogen) atoms. The Morgan fingerprint density at radius 1 is 1.20 bits per heavy atom. The SMILES string of the molecule is OCCn1cc(-c2ccc(F)cc2)cn1. The topological polar surface area (TPSA) is 38.0 Å². The summed E-state index contributed by atoms with van der Waals surface area (Å²) in [6.45, 7) is 0.533. The summed E-state index contributed by atoms with van der Waals surface area (Å²) in [5, 5.41) is 12.8. The van der Waals surface area contributed by atoms with Gasteiger partial charge < -0.3 is 5.11 Å². The summed E-state index contributed by atoms with van der Waals surface area (Å²) >= 11 is 0. The van der Waals surface area contributed by atoms with E-state index in [0.717, 1.165) is 11.1 Å². The van der Waals surface area contributed by atoms with Gasteiger partial charge in [0.25, 0.3) is 0 Å². The molecule has 4 heteroatoms. The van der Waals surface area contributed by atoms with Crippen LogP contribution < -0.4 is 0 Å². The van der Waals surface area contributed by atoms with Crippen molar-refractivity contribution in [3.05, 3.63) is 42.5 Å². The van der Waals surface area contributed by atoms with E-state index in [2.05, 4.69) is 5.10 Å². The summed E-state index contributed by atoms with van der Waals surface area (Å²) in [5.74, 6) is -0.249. The van der Waals surface area contributed by atoms with E-state index < -0.39 is 0 Å². The van der Waals surface area contributed by atoms with E-state index in [0.29, 0.717) is 6.54 Å². The monoisotopic (exact) mass is 206 g/mol. The fourth-order valence-corrected chi connectivity index (χ4v) is 1.38. The van der Waals surface area contributed by atoms with Crippen molar-refractivity contribution >= 4 is 0 Å².